The minimum absolute atomic E-state index is 0.123. The highest BCUT2D eigenvalue weighted by atomic mass is 32.1. The molecule has 66 valence electrons. The maximum Gasteiger partial charge on any atom is 0.331 e. The Bertz CT molecular complexity index is 395. The Hall–Kier alpha value is -0.820. The summed E-state index contributed by atoms with van der Waals surface area (Å²) in [6, 6.07) is 0. The van der Waals surface area contributed by atoms with E-state index in [9.17, 15) is 9.59 Å². The van der Waals surface area contributed by atoms with Crippen LogP contribution in [0.1, 0.15) is 0 Å². The molecule has 0 aliphatic carbocycles. The first-order valence-corrected chi connectivity index (χ1v) is 4.23. The average Bonchev–Trinajstić information content (AvgIpc) is 1.96. The van der Waals surface area contributed by atoms with E-state index < -0.39 is 11.4 Å². The third-order valence-corrected chi connectivity index (χ3v) is 1.78. The summed E-state index contributed by atoms with van der Waals surface area (Å²) >= 11 is 8.69. The molecule has 0 amide bonds. The lowest BCUT2D eigenvalue weighted by atomic mass is 10.7. The van der Waals surface area contributed by atoms with Crippen LogP contribution in [0.3, 0.4) is 0 Å². The normalized spacial score (nSPS) is 10.1. The standard InChI is InChI=1S/C5H7N3O2S2/c9-3-6-4(10)8(1-2-11)5(12)7-3/h11H,1-2H2,(H2,6,7,9,10,12). The minimum atomic E-state index is -0.583. The van der Waals surface area contributed by atoms with E-state index in [1.165, 1.54) is 4.57 Å². The molecule has 0 fully saturated rings. The van der Waals surface area contributed by atoms with E-state index in [0.29, 0.717) is 12.3 Å². The van der Waals surface area contributed by atoms with E-state index in [0.717, 1.165) is 0 Å². The molecule has 1 rings (SSSR count). The smallest absolute Gasteiger partial charge is 0.284 e. The van der Waals surface area contributed by atoms with Crippen LogP contribution in [0, 0.1) is 4.77 Å². The van der Waals surface area contributed by atoms with E-state index in [-0.39, 0.29) is 4.77 Å². The maximum absolute atomic E-state index is 11.0. The first-order chi connectivity index (χ1) is 5.65. The molecular formula is C5H7N3O2S2. The van der Waals surface area contributed by atoms with Crippen LogP contribution in [0.2, 0.25) is 0 Å². The van der Waals surface area contributed by atoms with E-state index in [2.05, 4.69) is 22.6 Å². The van der Waals surface area contributed by atoms with Gasteiger partial charge >= 0.3 is 11.4 Å². The highest BCUT2D eigenvalue weighted by molar-refractivity contribution is 7.80. The molecule has 1 aromatic heterocycles. The first-order valence-electron chi connectivity index (χ1n) is 3.19. The number of aromatic amines is 2. The van der Waals surface area contributed by atoms with Crippen LogP contribution in [0.4, 0.5) is 0 Å². The fourth-order valence-electron chi connectivity index (χ4n) is 0.756. The monoisotopic (exact) mass is 205 g/mol. The Morgan fingerprint density at radius 2 is 2.08 bits per heavy atom. The van der Waals surface area contributed by atoms with E-state index in [1.54, 1.807) is 0 Å². The van der Waals surface area contributed by atoms with Crippen molar-refractivity contribution in [2.75, 3.05) is 5.75 Å². The van der Waals surface area contributed by atoms with Crippen molar-refractivity contribution in [3.63, 3.8) is 0 Å². The molecule has 0 aliphatic rings. The number of nitrogens with zero attached hydrogens (tertiary/aromatic N) is 1. The Kier molecular flexibility index (Phi) is 2.88. The van der Waals surface area contributed by atoms with Gasteiger partial charge in [-0.1, -0.05) is 0 Å². The van der Waals surface area contributed by atoms with Gasteiger partial charge in [0.05, 0.1) is 0 Å². The van der Waals surface area contributed by atoms with Gasteiger partial charge in [0.1, 0.15) is 0 Å². The molecule has 0 aliphatic heterocycles. The zero-order valence-electron chi connectivity index (χ0n) is 6.03. The number of nitrogens with one attached hydrogen (secondary N) is 2. The summed E-state index contributed by atoms with van der Waals surface area (Å²) in [5.74, 6) is 0.490. The summed E-state index contributed by atoms with van der Waals surface area (Å²) in [5.41, 5.74) is -1.08. The molecule has 7 heteroatoms. The Labute approximate surface area is 77.9 Å². The van der Waals surface area contributed by atoms with Gasteiger partial charge in [0.2, 0.25) is 0 Å². The van der Waals surface area contributed by atoms with E-state index in [1.807, 2.05) is 0 Å². The topological polar surface area (TPSA) is 70.7 Å². The van der Waals surface area contributed by atoms with Crippen molar-refractivity contribution in [2.24, 2.45) is 0 Å². The van der Waals surface area contributed by atoms with Crippen LogP contribution in [0.5, 0.6) is 0 Å². The largest absolute Gasteiger partial charge is 0.331 e. The molecule has 5 nitrogen and oxygen atoms in total. The molecule has 12 heavy (non-hydrogen) atoms. The number of hydrogen-bond acceptors (Lipinski definition) is 4. The zero-order valence-corrected chi connectivity index (χ0v) is 7.74. The summed E-state index contributed by atoms with van der Waals surface area (Å²) in [5, 5.41) is 0. The van der Waals surface area contributed by atoms with Gasteiger partial charge in [0.25, 0.3) is 0 Å². The molecule has 2 N–H and O–H groups in total. The molecule has 0 atom stereocenters. The highest BCUT2D eigenvalue weighted by Crippen LogP contribution is 1.81. The lowest BCUT2D eigenvalue weighted by molar-refractivity contribution is 0.658. The maximum atomic E-state index is 11.0. The molecule has 0 bridgehead atoms. The number of rotatable bonds is 2. The van der Waals surface area contributed by atoms with Gasteiger partial charge in [-0.15, -0.1) is 0 Å². The van der Waals surface area contributed by atoms with Gasteiger partial charge in [-0.25, -0.2) is 9.59 Å². The summed E-state index contributed by atoms with van der Waals surface area (Å²) in [6.45, 7) is 0.383. The van der Waals surface area contributed by atoms with Gasteiger partial charge in [-0.3, -0.25) is 14.5 Å². The molecule has 0 radical (unpaired) electrons. The molecule has 0 aromatic carbocycles. The predicted molar refractivity (Wildman–Crippen MR) is 50.4 cm³/mol. The molecule has 0 spiro atoms. The van der Waals surface area contributed by atoms with Crippen LogP contribution < -0.4 is 11.4 Å². The van der Waals surface area contributed by atoms with Gasteiger partial charge < -0.3 is 0 Å². The van der Waals surface area contributed by atoms with Crippen molar-refractivity contribution in [3.8, 4) is 0 Å². The molecular weight excluding hydrogens is 198 g/mol. The van der Waals surface area contributed by atoms with Gasteiger partial charge in [-0.05, 0) is 12.2 Å². The van der Waals surface area contributed by atoms with Crippen LogP contribution >= 0.6 is 24.8 Å². The van der Waals surface area contributed by atoms with Crippen molar-refractivity contribution < 1.29 is 0 Å². The predicted octanol–water partition coefficient (Wildman–Crippen LogP) is -0.476. The average molecular weight is 205 g/mol. The van der Waals surface area contributed by atoms with Crippen molar-refractivity contribution in [3.05, 3.63) is 25.7 Å². The number of H-pyrrole nitrogens is 2. The van der Waals surface area contributed by atoms with E-state index in [4.69, 9.17) is 12.2 Å². The van der Waals surface area contributed by atoms with Crippen molar-refractivity contribution >= 4 is 24.8 Å². The Balaban J connectivity index is 3.39. The summed E-state index contributed by atoms with van der Waals surface area (Å²) in [7, 11) is 0. The van der Waals surface area contributed by atoms with E-state index >= 15 is 0 Å². The fraction of sp³-hybridized carbons (Fsp3) is 0.400. The lowest BCUT2D eigenvalue weighted by Gasteiger charge is -1.99. The molecule has 0 unspecified atom stereocenters. The SMILES string of the molecule is O=c1[nH]c(=O)n(CCS)c(=S)[nH]1. The van der Waals surface area contributed by atoms with Crippen LogP contribution in [-0.4, -0.2) is 20.3 Å². The quantitative estimate of drug-likeness (QED) is 0.451. The number of aromatic nitrogens is 3. The molecule has 0 saturated carbocycles. The zero-order chi connectivity index (χ0) is 9.14. The second-order valence-corrected chi connectivity index (χ2v) is 2.90. The minimum Gasteiger partial charge on any atom is -0.284 e. The van der Waals surface area contributed by atoms with Gasteiger partial charge in [0.15, 0.2) is 4.77 Å². The van der Waals surface area contributed by atoms with Crippen LogP contribution in [0.15, 0.2) is 9.59 Å². The summed E-state index contributed by atoms with van der Waals surface area (Å²) in [4.78, 5) is 26.1. The Morgan fingerprint density at radius 3 is 2.58 bits per heavy atom. The first kappa shape index (κ1) is 9.27. The Morgan fingerprint density at radius 1 is 1.42 bits per heavy atom. The molecule has 1 heterocycles. The number of thiol groups is 1. The van der Waals surface area contributed by atoms with Crippen molar-refractivity contribution in [1.29, 1.82) is 0 Å². The second-order valence-electron chi connectivity index (χ2n) is 2.06. The summed E-state index contributed by atoms with van der Waals surface area (Å²) < 4.78 is 1.36. The van der Waals surface area contributed by atoms with Crippen molar-refractivity contribution in [1.82, 2.24) is 14.5 Å². The summed E-state index contributed by atoms with van der Waals surface area (Å²) in [6.07, 6.45) is 0. The fourth-order valence-corrected chi connectivity index (χ4v) is 1.22. The van der Waals surface area contributed by atoms with Gasteiger partial charge in [-0.2, -0.15) is 12.6 Å². The third kappa shape index (κ3) is 1.86. The third-order valence-electron chi connectivity index (χ3n) is 1.25. The molecule has 0 saturated heterocycles. The van der Waals surface area contributed by atoms with Gasteiger partial charge in [0, 0.05) is 12.3 Å². The van der Waals surface area contributed by atoms with Crippen LogP contribution in [0.25, 0.3) is 0 Å². The van der Waals surface area contributed by atoms with Crippen molar-refractivity contribution in [2.45, 2.75) is 6.54 Å². The second kappa shape index (κ2) is 3.72. The number of hydrogen-bond donors (Lipinski definition) is 3. The van der Waals surface area contributed by atoms with Crippen LogP contribution in [-0.2, 0) is 6.54 Å². The lowest BCUT2D eigenvalue weighted by Crippen LogP contribution is -2.32. The highest BCUT2D eigenvalue weighted by Gasteiger charge is 1.96. The molecule has 1 aromatic rings.